The van der Waals surface area contributed by atoms with Gasteiger partial charge in [0.25, 0.3) is 0 Å². The molecule has 1 heterocycles. The predicted molar refractivity (Wildman–Crippen MR) is 105 cm³/mol. The van der Waals surface area contributed by atoms with Crippen molar-refractivity contribution in [1.82, 2.24) is 9.97 Å². The fourth-order valence-corrected chi connectivity index (χ4v) is 2.93. The Labute approximate surface area is 156 Å². The van der Waals surface area contributed by atoms with Gasteiger partial charge in [0, 0.05) is 5.56 Å². The van der Waals surface area contributed by atoms with Crippen LogP contribution in [0.1, 0.15) is 5.56 Å². The Bertz CT molecular complexity index is 1110. The maximum Gasteiger partial charge on any atom is 0.228 e. The third-order valence-corrected chi connectivity index (χ3v) is 4.22. The first-order chi connectivity index (χ1) is 13.2. The van der Waals surface area contributed by atoms with E-state index < -0.39 is 0 Å². The second-order valence-corrected chi connectivity index (χ2v) is 6.25. The predicted octanol–water partition coefficient (Wildman–Crippen LogP) is 4.18. The zero-order valence-electron chi connectivity index (χ0n) is 14.5. The lowest BCUT2D eigenvalue weighted by Gasteiger charge is -2.07. The molecule has 0 bridgehead atoms. The van der Waals surface area contributed by atoms with Crippen molar-refractivity contribution in [1.29, 1.82) is 0 Å². The highest BCUT2D eigenvalue weighted by Crippen LogP contribution is 2.20. The van der Waals surface area contributed by atoms with E-state index in [2.05, 4.69) is 15.3 Å². The quantitative estimate of drug-likeness (QED) is 0.576. The van der Waals surface area contributed by atoms with Crippen molar-refractivity contribution >= 4 is 22.4 Å². The van der Waals surface area contributed by atoms with Gasteiger partial charge in [-0.25, -0.2) is 9.97 Å². The van der Waals surface area contributed by atoms with Crippen LogP contribution in [0.25, 0.3) is 22.2 Å². The lowest BCUT2D eigenvalue weighted by molar-refractivity contribution is -0.115. The largest absolute Gasteiger partial charge is 0.508 e. The monoisotopic (exact) mass is 355 g/mol. The van der Waals surface area contributed by atoms with Gasteiger partial charge in [-0.15, -0.1) is 0 Å². The van der Waals surface area contributed by atoms with Gasteiger partial charge >= 0.3 is 0 Å². The van der Waals surface area contributed by atoms with Gasteiger partial charge in [-0.1, -0.05) is 54.6 Å². The van der Waals surface area contributed by atoms with E-state index in [1.807, 2.05) is 48.5 Å². The Morgan fingerprint density at radius 3 is 2.44 bits per heavy atom. The number of aromatic hydroxyl groups is 1. The van der Waals surface area contributed by atoms with Crippen molar-refractivity contribution in [3.63, 3.8) is 0 Å². The molecule has 4 rings (SSSR count). The van der Waals surface area contributed by atoms with Crippen LogP contribution in [0.3, 0.4) is 0 Å². The van der Waals surface area contributed by atoms with Gasteiger partial charge in [0.2, 0.25) is 5.91 Å². The molecule has 0 aliphatic carbocycles. The van der Waals surface area contributed by atoms with Crippen LogP contribution in [0.4, 0.5) is 5.69 Å². The van der Waals surface area contributed by atoms with Crippen LogP contribution in [0, 0.1) is 0 Å². The SMILES string of the molecule is O=C(Cc1ccc2ccccc2c1)Nc1cnc(-c2cccc(O)c2)nc1. The van der Waals surface area contributed by atoms with Crippen molar-refractivity contribution in [2.75, 3.05) is 5.32 Å². The Morgan fingerprint density at radius 2 is 1.67 bits per heavy atom. The Morgan fingerprint density at radius 1 is 0.889 bits per heavy atom. The molecule has 3 aromatic carbocycles. The number of rotatable bonds is 4. The molecule has 5 heteroatoms. The molecule has 0 saturated heterocycles. The van der Waals surface area contributed by atoms with Crippen molar-refractivity contribution in [2.45, 2.75) is 6.42 Å². The fraction of sp³-hybridized carbons (Fsp3) is 0.0455. The minimum atomic E-state index is -0.126. The lowest BCUT2D eigenvalue weighted by Crippen LogP contribution is -2.14. The molecule has 0 unspecified atom stereocenters. The maximum atomic E-state index is 12.3. The molecular formula is C22H17N3O2. The number of hydrogen-bond acceptors (Lipinski definition) is 4. The van der Waals surface area contributed by atoms with E-state index in [1.54, 1.807) is 30.6 Å². The summed E-state index contributed by atoms with van der Waals surface area (Å²) in [5.74, 6) is 0.515. The minimum Gasteiger partial charge on any atom is -0.508 e. The number of nitrogens with one attached hydrogen (secondary N) is 1. The second-order valence-electron chi connectivity index (χ2n) is 6.25. The third-order valence-electron chi connectivity index (χ3n) is 4.22. The smallest absolute Gasteiger partial charge is 0.228 e. The van der Waals surface area contributed by atoms with E-state index in [9.17, 15) is 9.90 Å². The molecule has 132 valence electrons. The van der Waals surface area contributed by atoms with E-state index in [0.717, 1.165) is 16.3 Å². The van der Waals surface area contributed by atoms with Crippen LogP contribution < -0.4 is 5.32 Å². The van der Waals surface area contributed by atoms with Crippen molar-refractivity contribution in [3.05, 3.63) is 84.7 Å². The van der Waals surface area contributed by atoms with E-state index in [4.69, 9.17) is 0 Å². The number of carbonyl (C=O) groups is 1. The molecule has 1 amide bonds. The van der Waals surface area contributed by atoms with Gasteiger partial charge in [0.15, 0.2) is 5.82 Å². The van der Waals surface area contributed by atoms with E-state index in [1.165, 1.54) is 0 Å². The molecule has 0 fully saturated rings. The maximum absolute atomic E-state index is 12.3. The van der Waals surface area contributed by atoms with Gasteiger partial charge in [-0.05, 0) is 28.5 Å². The molecule has 2 N–H and O–H groups in total. The second kappa shape index (κ2) is 7.25. The van der Waals surface area contributed by atoms with Gasteiger partial charge in [-0.3, -0.25) is 4.79 Å². The first-order valence-electron chi connectivity index (χ1n) is 8.56. The van der Waals surface area contributed by atoms with Crippen LogP contribution in [0.15, 0.2) is 79.1 Å². The molecule has 1 aromatic heterocycles. The van der Waals surface area contributed by atoms with Gasteiger partial charge in [0.1, 0.15) is 5.75 Å². The lowest BCUT2D eigenvalue weighted by atomic mass is 10.0. The molecule has 0 atom stereocenters. The van der Waals surface area contributed by atoms with Gasteiger partial charge in [0.05, 0.1) is 24.5 Å². The number of anilines is 1. The standard InChI is InChI=1S/C22H17N3O2/c26-20-7-3-6-18(12-20)22-23-13-19(14-24-22)25-21(27)11-15-8-9-16-4-1-2-5-17(16)10-15/h1-10,12-14,26H,11H2,(H,25,27). The number of amides is 1. The van der Waals surface area contributed by atoms with Gasteiger partial charge in [-0.2, -0.15) is 0 Å². The molecule has 5 nitrogen and oxygen atoms in total. The van der Waals surface area contributed by atoms with E-state index >= 15 is 0 Å². The first kappa shape index (κ1) is 16.7. The summed E-state index contributed by atoms with van der Waals surface area (Å²) >= 11 is 0. The topological polar surface area (TPSA) is 75.1 Å². The highest BCUT2D eigenvalue weighted by atomic mass is 16.3. The summed E-state index contributed by atoms with van der Waals surface area (Å²) < 4.78 is 0. The van der Waals surface area contributed by atoms with E-state index in [-0.39, 0.29) is 18.1 Å². The summed E-state index contributed by atoms with van der Waals surface area (Å²) in [6.45, 7) is 0. The number of phenolic OH excluding ortho intramolecular Hbond substituents is 1. The summed E-state index contributed by atoms with van der Waals surface area (Å²) in [6, 6.07) is 20.8. The summed E-state index contributed by atoms with van der Waals surface area (Å²) in [6.07, 6.45) is 3.40. The molecule has 0 aliphatic rings. The van der Waals surface area contributed by atoms with Crippen LogP contribution in [-0.4, -0.2) is 21.0 Å². The summed E-state index contributed by atoms with van der Waals surface area (Å²) in [7, 11) is 0. The van der Waals surface area contributed by atoms with Gasteiger partial charge < -0.3 is 10.4 Å². The Kier molecular flexibility index (Phi) is 4.49. The number of carbonyl (C=O) groups excluding carboxylic acids is 1. The third kappa shape index (κ3) is 3.93. The summed E-state index contributed by atoms with van der Waals surface area (Å²) in [5, 5.41) is 14.6. The minimum absolute atomic E-state index is 0.126. The van der Waals surface area contributed by atoms with E-state index in [0.29, 0.717) is 17.1 Å². The highest BCUT2D eigenvalue weighted by Gasteiger charge is 2.07. The summed E-state index contributed by atoms with van der Waals surface area (Å²) in [5.41, 5.74) is 2.19. The molecule has 0 radical (unpaired) electrons. The average molecular weight is 355 g/mol. The van der Waals surface area contributed by atoms with Crippen molar-refractivity contribution < 1.29 is 9.90 Å². The number of hydrogen-bond donors (Lipinski definition) is 2. The van der Waals surface area contributed by atoms with Crippen LogP contribution in [0.2, 0.25) is 0 Å². The molecular weight excluding hydrogens is 338 g/mol. The van der Waals surface area contributed by atoms with Crippen molar-refractivity contribution in [3.8, 4) is 17.1 Å². The Balaban J connectivity index is 1.44. The number of nitrogens with zero attached hydrogens (tertiary/aromatic N) is 2. The zero-order chi connectivity index (χ0) is 18.6. The van der Waals surface area contributed by atoms with Crippen LogP contribution in [0.5, 0.6) is 5.75 Å². The number of phenols is 1. The average Bonchev–Trinajstić information content (AvgIpc) is 2.68. The molecule has 27 heavy (non-hydrogen) atoms. The normalized spacial score (nSPS) is 10.7. The number of fused-ring (bicyclic) bond motifs is 1. The fourth-order valence-electron chi connectivity index (χ4n) is 2.93. The summed E-state index contributed by atoms with van der Waals surface area (Å²) in [4.78, 5) is 20.8. The van der Waals surface area contributed by atoms with Crippen LogP contribution in [-0.2, 0) is 11.2 Å². The molecule has 4 aromatic rings. The molecule has 0 spiro atoms. The highest BCUT2D eigenvalue weighted by molar-refractivity contribution is 5.93. The first-order valence-corrected chi connectivity index (χ1v) is 8.56. The Hall–Kier alpha value is -3.73. The molecule has 0 saturated carbocycles. The number of benzene rings is 3. The zero-order valence-corrected chi connectivity index (χ0v) is 14.5. The van der Waals surface area contributed by atoms with Crippen LogP contribution >= 0.6 is 0 Å². The number of aromatic nitrogens is 2. The van der Waals surface area contributed by atoms with Crippen molar-refractivity contribution in [2.24, 2.45) is 0 Å². The molecule has 0 aliphatic heterocycles.